The number of carboxylic acids is 2. The molecule has 0 atom stereocenters. The second-order valence-electron chi connectivity index (χ2n) is 4.58. The minimum atomic E-state index is -1.83. The van der Waals surface area contributed by atoms with Crippen molar-refractivity contribution in [3.8, 4) is 0 Å². The molecule has 130 valence electrons. The van der Waals surface area contributed by atoms with Crippen LogP contribution in [0.3, 0.4) is 0 Å². The van der Waals surface area contributed by atoms with Crippen molar-refractivity contribution in [2.75, 3.05) is 0 Å². The van der Waals surface area contributed by atoms with Crippen LogP contribution in [0.25, 0.3) is 0 Å². The summed E-state index contributed by atoms with van der Waals surface area (Å²) in [5.41, 5.74) is -1.75. The van der Waals surface area contributed by atoms with Crippen molar-refractivity contribution in [2.45, 2.75) is 6.92 Å². The van der Waals surface area contributed by atoms with E-state index in [0.717, 1.165) is 23.8 Å². The van der Waals surface area contributed by atoms with Crippen molar-refractivity contribution in [3.63, 3.8) is 0 Å². The van der Waals surface area contributed by atoms with Gasteiger partial charge in [0.05, 0.1) is 27.3 Å². The molecule has 0 bridgehead atoms. The third-order valence-corrected chi connectivity index (χ3v) is 2.98. The largest absolute Gasteiger partial charge is 0.545 e. The highest BCUT2D eigenvalue weighted by Gasteiger charge is 2.28. The van der Waals surface area contributed by atoms with Gasteiger partial charge in [0.15, 0.2) is 0 Å². The Hall–Kier alpha value is -3.82. The van der Waals surface area contributed by atoms with Crippen molar-refractivity contribution in [1.29, 1.82) is 0 Å². The fourth-order valence-corrected chi connectivity index (χ4v) is 1.84. The van der Waals surface area contributed by atoms with Gasteiger partial charge in [-0.1, -0.05) is 30.3 Å². The van der Waals surface area contributed by atoms with Crippen molar-refractivity contribution in [3.05, 3.63) is 79.4 Å². The van der Waals surface area contributed by atoms with Crippen LogP contribution in [0.4, 0.5) is 11.4 Å². The van der Waals surface area contributed by atoms with Crippen molar-refractivity contribution in [2.24, 2.45) is 0 Å². The van der Waals surface area contributed by atoms with E-state index >= 15 is 0 Å². The van der Waals surface area contributed by atoms with E-state index in [2.05, 4.69) is 0 Å². The minimum absolute atomic E-state index is 0.266. The summed E-state index contributed by atoms with van der Waals surface area (Å²) in [6.07, 6.45) is 0. The summed E-state index contributed by atoms with van der Waals surface area (Å²) in [7, 11) is 0. The quantitative estimate of drug-likeness (QED) is 0.559. The normalized spacial score (nSPS) is 9.48. The van der Waals surface area contributed by atoms with Crippen LogP contribution in [0.1, 0.15) is 26.3 Å². The number of hydrogen-bond donors (Lipinski definition) is 0. The first-order chi connectivity index (χ1) is 11.7. The Morgan fingerprint density at radius 3 is 1.72 bits per heavy atom. The molecule has 0 unspecified atom stereocenters. The van der Waals surface area contributed by atoms with E-state index in [9.17, 15) is 40.0 Å². The maximum Gasteiger partial charge on any atom is 0.354 e. The molecule has 0 saturated carbocycles. The van der Waals surface area contributed by atoms with Gasteiger partial charge < -0.3 is 19.8 Å². The topological polar surface area (TPSA) is 167 Å². The smallest absolute Gasteiger partial charge is 0.354 e. The van der Waals surface area contributed by atoms with E-state index in [4.69, 9.17) is 0 Å². The van der Waals surface area contributed by atoms with E-state index in [-0.39, 0.29) is 5.56 Å². The highest BCUT2D eigenvalue weighted by Crippen LogP contribution is 2.29. The number of rotatable bonds is 4. The van der Waals surface area contributed by atoms with Gasteiger partial charge in [0.2, 0.25) is 0 Å². The van der Waals surface area contributed by atoms with E-state index in [1.807, 2.05) is 0 Å². The molecule has 0 aromatic heterocycles. The molecule has 0 aliphatic heterocycles. The Bertz CT molecular complexity index is 815. The number of carbonyl (C=O) groups is 2. The van der Waals surface area contributed by atoms with Crippen molar-refractivity contribution >= 4 is 23.3 Å². The zero-order valence-corrected chi connectivity index (χ0v) is 12.7. The standard InChI is InChI=1S/C8H8O2.C7H4N2O6/c1-6-4-2-3-5-7(6)8(9)10;10-7(11)4-2-1-3-5(8(12)13)6(4)9(14)15/h2-5H,1H3,(H,9,10);1-3H,(H,10,11)/p-2. The van der Waals surface area contributed by atoms with Crippen LogP contribution in [-0.2, 0) is 0 Å². The number of aromatic carboxylic acids is 2. The Morgan fingerprint density at radius 2 is 1.32 bits per heavy atom. The number of carbonyl (C=O) groups excluding carboxylic acids is 2. The number of nitro groups is 2. The first kappa shape index (κ1) is 19.2. The number of hydrogen-bond acceptors (Lipinski definition) is 8. The molecule has 10 heteroatoms. The molecule has 0 aliphatic rings. The van der Waals surface area contributed by atoms with Gasteiger partial charge in [0.25, 0.3) is 0 Å². The highest BCUT2D eigenvalue weighted by molar-refractivity contribution is 5.93. The maximum atomic E-state index is 10.5. The third-order valence-electron chi connectivity index (χ3n) is 2.98. The number of aryl methyl sites for hydroxylation is 1. The molecule has 0 heterocycles. The lowest BCUT2D eigenvalue weighted by Crippen LogP contribution is -2.23. The molecule has 25 heavy (non-hydrogen) atoms. The van der Waals surface area contributed by atoms with Crippen LogP contribution in [0.2, 0.25) is 0 Å². The van der Waals surface area contributed by atoms with Crippen LogP contribution < -0.4 is 10.2 Å². The number of para-hydroxylation sites is 1. The molecule has 0 saturated heterocycles. The van der Waals surface area contributed by atoms with Gasteiger partial charge in [-0.05, 0) is 18.6 Å². The molecular formula is C15H10N2O8-2. The summed E-state index contributed by atoms with van der Waals surface area (Å²) in [4.78, 5) is 39.5. The molecule has 2 rings (SSSR count). The molecule has 0 aliphatic carbocycles. The zero-order chi connectivity index (χ0) is 19.1. The summed E-state index contributed by atoms with van der Waals surface area (Å²) in [5.74, 6) is -2.94. The number of benzene rings is 2. The van der Waals surface area contributed by atoms with Gasteiger partial charge in [0, 0.05) is 11.6 Å². The molecule has 2 aromatic rings. The maximum absolute atomic E-state index is 10.5. The SMILES string of the molecule is Cc1ccccc1C(=O)[O-].O=C([O-])c1cccc([N+](=O)[O-])c1[N+](=O)[O-]. The molecule has 2 aromatic carbocycles. The number of nitrogens with zero attached hydrogens (tertiary/aromatic N) is 2. The number of carboxylic acid groups (broad SMARTS) is 2. The van der Waals surface area contributed by atoms with Crippen molar-refractivity contribution in [1.82, 2.24) is 0 Å². The fourth-order valence-electron chi connectivity index (χ4n) is 1.84. The van der Waals surface area contributed by atoms with Crippen molar-refractivity contribution < 1.29 is 29.6 Å². The summed E-state index contributed by atoms with van der Waals surface area (Å²) < 4.78 is 0. The predicted molar refractivity (Wildman–Crippen MR) is 79.6 cm³/mol. The monoisotopic (exact) mass is 346 g/mol. The summed E-state index contributed by atoms with van der Waals surface area (Å²) >= 11 is 0. The molecule has 0 radical (unpaired) electrons. The van der Waals surface area contributed by atoms with E-state index in [0.29, 0.717) is 0 Å². The average Bonchev–Trinajstić information content (AvgIpc) is 2.54. The predicted octanol–water partition coefficient (Wildman–Crippen LogP) is 0.225. The summed E-state index contributed by atoms with van der Waals surface area (Å²) in [6, 6.07) is 9.51. The average molecular weight is 346 g/mol. The lowest BCUT2D eigenvalue weighted by atomic mass is 10.1. The van der Waals surface area contributed by atoms with E-state index < -0.39 is 38.7 Å². The minimum Gasteiger partial charge on any atom is -0.545 e. The van der Waals surface area contributed by atoms with Crippen LogP contribution in [0.15, 0.2) is 42.5 Å². The van der Waals surface area contributed by atoms with Gasteiger partial charge in [-0.25, -0.2) is 0 Å². The molecule has 10 nitrogen and oxygen atoms in total. The zero-order valence-electron chi connectivity index (χ0n) is 12.7. The van der Waals surface area contributed by atoms with E-state index in [1.165, 1.54) is 6.07 Å². The third kappa shape index (κ3) is 4.82. The Balaban J connectivity index is 0.000000271. The van der Waals surface area contributed by atoms with Crippen LogP contribution >= 0.6 is 0 Å². The Kier molecular flexibility index (Phi) is 6.27. The van der Waals surface area contributed by atoms with Crippen LogP contribution in [0, 0.1) is 27.2 Å². The molecular weight excluding hydrogens is 336 g/mol. The first-order valence-corrected chi connectivity index (χ1v) is 6.57. The molecule has 0 spiro atoms. The Labute approximate surface area is 140 Å². The van der Waals surface area contributed by atoms with Crippen LogP contribution in [-0.4, -0.2) is 21.8 Å². The summed E-state index contributed by atoms with van der Waals surface area (Å²) in [5, 5.41) is 41.6. The number of nitro benzene ring substituents is 2. The first-order valence-electron chi connectivity index (χ1n) is 6.57. The summed E-state index contributed by atoms with van der Waals surface area (Å²) in [6.45, 7) is 1.74. The highest BCUT2D eigenvalue weighted by atomic mass is 16.6. The second kappa shape index (κ2) is 8.15. The van der Waals surface area contributed by atoms with Gasteiger partial charge in [-0.15, -0.1) is 0 Å². The lowest BCUT2D eigenvalue weighted by Gasteiger charge is -2.03. The van der Waals surface area contributed by atoms with E-state index in [1.54, 1.807) is 25.1 Å². The van der Waals surface area contributed by atoms with Gasteiger partial charge >= 0.3 is 11.4 Å². The molecule has 0 fully saturated rings. The lowest BCUT2D eigenvalue weighted by molar-refractivity contribution is -0.423. The van der Waals surface area contributed by atoms with Gasteiger partial charge in [-0.2, -0.15) is 0 Å². The fraction of sp³-hybridized carbons (Fsp3) is 0.0667. The molecule has 0 amide bonds. The van der Waals surface area contributed by atoms with Crippen LogP contribution in [0.5, 0.6) is 0 Å². The molecule has 0 N–H and O–H groups in total. The second-order valence-corrected chi connectivity index (χ2v) is 4.58. The van der Waals surface area contributed by atoms with Gasteiger partial charge in [-0.3, -0.25) is 20.2 Å². The van der Waals surface area contributed by atoms with Gasteiger partial charge in [0.1, 0.15) is 0 Å². The Morgan fingerprint density at radius 1 is 0.800 bits per heavy atom.